The van der Waals surface area contributed by atoms with E-state index in [1.54, 1.807) is 13.2 Å². The van der Waals surface area contributed by atoms with E-state index in [0.29, 0.717) is 25.6 Å². The van der Waals surface area contributed by atoms with Crippen molar-refractivity contribution in [1.82, 2.24) is 19.3 Å². The molecular weight excluding hydrogens is 410 g/mol. The Kier molecular flexibility index (Phi) is 5.52. The summed E-state index contributed by atoms with van der Waals surface area (Å²) in [5, 5.41) is 0.942. The molecule has 0 saturated carbocycles. The highest BCUT2D eigenvalue weighted by atomic mass is 32.2. The third-order valence-corrected chi connectivity index (χ3v) is 7.12. The lowest BCUT2D eigenvalue weighted by Crippen LogP contribution is -2.37. The lowest BCUT2D eigenvalue weighted by molar-refractivity contribution is 0.122. The summed E-state index contributed by atoms with van der Waals surface area (Å²) in [7, 11) is -1.67. The van der Waals surface area contributed by atoms with Crippen molar-refractivity contribution in [3.05, 3.63) is 35.0 Å². The number of aryl methyl sites for hydroxylation is 1. The molecule has 1 aliphatic heterocycles. The van der Waals surface area contributed by atoms with Crippen LogP contribution >= 0.6 is 11.3 Å². The summed E-state index contributed by atoms with van der Waals surface area (Å²) in [4.78, 5) is 18.0. The average Bonchev–Trinajstić information content (AvgIpc) is 3.10. The van der Waals surface area contributed by atoms with Crippen LogP contribution in [0.3, 0.4) is 0 Å². The second kappa shape index (κ2) is 7.94. The molecule has 3 aromatic heterocycles. The number of ether oxygens (including phenoxy) is 1. The second-order valence-corrected chi connectivity index (χ2v) is 10.3. The van der Waals surface area contributed by atoms with Gasteiger partial charge in [0, 0.05) is 49.0 Å². The molecule has 1 aliphatic rings. The molecule has 1 fully saturated rings. The van der Waals surface area contributed by atoms with Crippen molar-refractivity contribution in [3.8, 4) is 11.4 Å². The van der Waals surface area contributed by atoms with Crippen molar-refractivity contribution in [3.63, 3.8) is 0 Å². The zero-order valence-corrected chi connectivity index (χ0v) is 18.3. The third kappa shape index (κ3) is 4.40. The fourth-order valence-corrected chi connectivity index (χ4v) is 4.65. The van der Waals surface area contributed by atoms with E-state index in [-0.39, 0.29) is 0 Å². The van der Waals surface area contributed by atoms with Crippen molar-refractivity contribution in [2.75, 3.05) is 44.5 Å². The maximum absolute atomic E-state index is 11.8. The zero-order valence-electron chi connectivity index (χ0n) is 16.6. The molecule has 0 atom stereocenters. The Morgan fingerprint density at radius 3 is 2.66 bits per heavy atom. The Labute approximate surface area is 174 Å². The molecule has 0 aromatic carbocycles. The monoisotopic (exact) mass is 433 g/mol. The standard InChI is InChI=1S/C19H23N5O3S2/c1-13-4-5-14(11-20-13)17-21-18(24-6-8-27-9-7-24)16-10-15(28-19(16)22-17)12-23(2)29(3,25)26/h4-5,10-11H,6-9,12H2,1-3H3. The van der Waals surface area contributed by atoms with Crippen LogP contribution in [0.2, 0.25) is 0 Å². The first-order valence-electron chi connectivity index (χ1n) is 9.29. The first kappa shape index (κ1) is 20.1. The lowest BCUT2D eigenvalue weighted by atomic mass is 10.2. The van der Waals surface area contributed by atoms with Gasteiger partial charge in [-0.15, -0.1) is 11.3 Å². The second-order valence-electron chi connectivity index (χ2n) is 7.11. The first-order valence-corrected chi connectivity index (χ1v) is 12.0. The molecule has 4 heterocycles. The van der Waals surface area contributed by atoms with Gasteiger partial charge in [0.05, 0.1) is 24.9 Å². The molecule has 8 nitrogen and oxygen atoms in total. The van der Waals surface area contributed by atoms with Crippen LogP contribution in [0.4, 0.5) is 5.82 Å². The number of thiophene rings is 1. The molecule has 1 saturated heterocycles. The number of sulfonamides is 1. The minimum atomic E-state index is -3.26. The van der Waals surface area contributed by atoms with E-state index in [9.17, 15) is 8.42 Å². The van der Waals surface area contributed by atoms with Gasteiger partial charge in [0.1, 0.15) is 10.6 Å². The van der Waals surface area contributed by atoms with Crippen molar-refractivity contribution in [2.45, 2.75) is 13.5 Å². The van der Waals surface area contributed by atoms with Gasteiger partial charge in [0.25, 0.3) is 0 Å². The van der Waals surface area contributed by atoms with Crippen LogP contribution < -0.4 is 4.90 Å². The Bertz CT molecular complexity index is 1120. The summed E-state index contributed by atoms with van der Waals surface area (Å²) in [6.45, 7) is 5.07. The van der Waals surface area contributed by atoms with Crippen molar-refractivity contribution < 1.29 is 13.2 Å². The molecule has 4 rings (SSSR count). The number of nitrogens with zero attached hydrogens (tertiary/aromatic N) is 5. The Hall–Kier alpha value is -2.14. The summed E-state index contributed by atoms with van der Waals surface area (Å²) >= 11 is 1.50. The van der Waals surface area contributed by atoms with E-state index < -0.39 is 10.0 Å². The highest BCUT2D eigenvalue weighted by molar-refractivity contribution is 7.88. The normalized spacial score (nSPS) is 15.4. The molecule has 0 aliphatic carbocycles. The maximum Gasteiger partial charge on any atom is 0.211 e. The van der Waals surface area contributed by atoms with E-state index in [4.69, 9.17) is 14.7 Å². The van der Waals surface area contributed by atoms with Crippen molar-refractivity contribution >= 4 is 37.4 Å². The molecule has 0 amide bonds. The molecule has 0 spiro atoms. The topological polar surface area (TPSA) is 88.5 Å². The molecule has 0 N–H and O–H groups in total. The van der Waals surface area contributed by atoms with Crippen molar-refractivity contribution in [1.29, 1.82) is 0 Å². The lowest BCUT2D eigenvalue weighted by Gasteiger charge is -2.28. The summed E-state index contributed by atoms with van der Waals surface area (Å²) in [6.07, 6.45) is 2.99. The van der Waals surface area contributed by atoms with Crippen LogP contribution in [-0.2, 0) is 21.3 Å². The summed E-state index contributed by atoms with van der Waals surface area (Å²) in [6, 6.07) is 5.92. The third-order valence-electron chi connectivity index (χ3n) is 4.85. The van der Waals surface area contributed by atoms with Gasteiger partial charge in [-0.2, -0.15) is 0 Å². The molecule has 10 heteroatoms. The highest BCUT2D eigenvalue weighted by Crippen LogP contribution is 2.34. The molecule has 0 unspecified atom stereocenters. The number of hydrogen-bond donors (Lipinski definition) is 0. The smallest absolute Gasteiger partial charge is 0.211 e. The average molecular weight is 434 g/mol. The fraction of sp³-hybridized carbons (Fsp3) is 0.421. The minimum absolute atomic E-state index is 0.309. The van der Waals surface area contributed by atoms with E-state index in [2.05, 4.69) is 9.88 Å². The Morgan fingerprint density at radius 2 is 2.00 bits per heavy atom. The predicted octanol–water partition coefficient (Wildman–Crippen LogP) is 2.29. The van der Waals surface area contributed by atoms with Gasteiger partial charge < -0.3 is 9.64 Å². The number of rotatable bonds is 5. The molecule has 3 aromatic rings. The fourth-order valence-electron chi connectivity index (χ4n) is 3.12. The van der Waals surface area contributed by atoms with E-state index in [1.807, 2.05) is 25.1 Å². The Balaban J connectivity index is 1.80. The summed E-state index contributed by atoms with van der Waals surface area (Å²) in [5.41, 5.74) is 1.79. The zero-order chi connectivity index (χ0) is 20.6. The number of aromatic nitrogens is 3. The number of pyridine rings is 1. The molecule has 0 bridgehead atoms. The van der Waals surface area contributed by atoms with E-state index in [0.717, 1.165) is 45.3 Å². The number of fused-ring (bicyclic) bond motifs is 1. The number of morpholine rings is 1. The quantitative estimate of drug-likeness (QED) is 0.610. The summed E-state index contributed by atoms with van der Waals surface area (Å²) in [5.74, 6) is 1.48. The van der Waals surface area contributed by atoms with Crippen LogP contribution in [0.15, 0.2) is 24.4 Å². The van der Waals surface area contributed by atoms with Gasteiger partial charge in [0.2, 0.25) is 10.0 Å². The molecule has 29 heavy (non-hydrogen) atoms. The van der Waals surface area contributed by atoms with E-state index >= 15 is 0 Å². The largest absolute Gasteiger partial charge is 0.378 e. The SMILES string of the molecule is Cc1ccc(-c2nc(N3CCOCC3)c3cc(CN(C)S(C)(=O)=O)sc3n2)cn1. The van der Waals surface area contributed by atoms with Gasteiger partial charge in [-0.05, 0) is 25.1 Å². The highest BCUT2D eigenvalue weighted by Gasteiger charge is 2.21. The predicted molar refractivity (Wildman–Crippen MR) is 115 cm³/mol. The van der Waals surface area contributed by atoms with E-state index in [1.165, 1.54) is 21.9 Å². The Morgan fingerprint density at radius 1 is 1.24 bits per heavy atom. The maximum atomic E-state index is 11.8. The van der Waals surface area contributed by atoms with Crippen LogP contribution in [0, 0.1) is 6.92 Å². The van der Waals surface area contributed by atoms with Crippen molar-refractivity contribution in [2.24, 2.45) is 0 Å². The number of hydrogen-bond acceptors (Lipinski definition) is 8. The number of anilines is 1. The van der Waals surface area contributed by atoms with Crippen LogP contribution in [0.25, 0.3) is 21.6 Å². The molecule has 154 valence electrons. The van der Waals surface area contributed by atoms with Gasteiger partial charge in [-0.1, -0.05) is 0 Å². The first-order chi connectivity index (χ1) is 13.8. The minimum Gasteiger partial charge on any atom is -0.378 e. The van der Waals surface area contributed by atoms with Gasteiger partial charge >= 0.3 is 0 Å². The molecular formula is C19H23N5O3S2. The van der Waals surface area contributed by atoms with Crippen LogP contribution in [-0.4, -0.2) is 67.3 Å². The van der Waals surface area contributed by atoms with Gasteiger partial charge in [-0.3, -0.25) is 4.98 Å². The van der Waals surface area contributed by atoms with Gasteiger partial charge in [-0.25, -0.2) is 22.7 Å². The van der Waals surface area contributed by atoms with Crippen LogP contribution in [0.1, 0.15) is 10.6 Å². The van der Waals surface area contributed by atoms with Gasteiger partial charge in [0.15, 0.2) is 5.82 Å². The summed E-state index contributed by atoms with van der Waals surface area (Å²) < 4.78 is 30.4. The van der Waals surface area contributed by atoms with Crippen LogP contribution in [0.5, 0.6) is 0 Å². The molecule has 0 radical (unpaired) electrons.